The number of amides is 1. The Hall–Kier alpha value is -2.43. The molecule has 1 aromatic heterocycles. The summed E-state index contributed by atoms with van der Waals surface area (Å²) in [5, 5.41) is 9.10. The SMILES string of the molecule is O=C(O)N1CCOc2c(cccc2-c2ccoc2)C1. The van der Waals surface area contributed by atoms with Crippen LogP contribution in [0.25, 0.3) is 11.1 Å². The highest BCUT2D eigenvalue weighted by Gasteiger charge is 2.21. The van der Waals surface area contributed by atoms with Crippen molar-refractivity contribution in [3.05, 3.63) is 42.4 Å². The second-order valence-electron chi connectivity index (χ2n) is 4.36. The number of fused-ring (bicyclic) bond motifs is 1. The first kappa shape index (κ1) is 11.6. The van der Waals surface area contributed by atoms with E-state index in [1.807, 2.05) is 24.3 Å². The molecule has 0 saturated carbocycles. The fraction of sp³-hybridized carbons (Fsp3) is 0.214. The maximum atomic E-state index is 11.1. The van der Waals surface area contributed by atoms with E-state index in [2.05, 4.69) is 0 Å². The monoisotopic (exact) mass is 259 g/mol. The van der Waals surface area contributed by atoms with Gasteiger partial charge in [0.15, 0.2) is 0 Å². The van der Waals surface area contributed by atoms with E-state index in [0.29, 0.717) is 19.7 Å². The fourth-order valence-corrected chi connectivity index (χ4v) is 2.23. The lowest BCUT2D eigenvalue weighted by Gasteiger charge is -2.15. The quantitative estimate of drug-likeness (QED) is 0.855. The molecule has 5 heteroatoms. The minimum Gasteiger partial charge on any atom is -0.491 e. The van der Waals surface area contributed by atoms with E-state index >= 15 is 0 Å². The van der Waals surface area contributed by atoms with Gasteiger partial charge in [0.2, 0.25) is 0 Å². The molecule has 2 heterocycles. The molecule has 0 radical (unpaired) electrons. The van der Waals surface area contributed by atoms with Gasteiger partial charge in [0, 0.05) is 16.7 Å². The van der Waals surface area contributed by atoms with Crippen molar-refractivity contribution >= 4 is 6.09 Å². The number of ether oxygens (including phenoxy) is 1. The molecule has 0 aliphatic carbocycles. The first-order valence-electron chi connectivity index (χ1n) is 6.01. The van der Waals surface area contributed by atoms with E-state index in [9.17, 15) is 4.79 Å². The van der Waals surface area contributed by atoms with Crippen molar-refractivity contribution in [2.75, 3.05) is 13.2 Å². The summed E-state index contributed by atoms with van der Waals surface area (Å²) in [6.45, 7) is 1.07. The highest BCUT2D eigenvalue weighted by Crippen LogP contribution is 2.35. The molecule has 1 aliphatic rings. The fourth-order valence-electron chi connectivity index (χ4n) is 2.23. The second-order valence-corrected chi connectivity index (χ2v) is 4.36. The zero-order valence-electron chi connectivity index (χ0n) is 10.2. The second kappa shape index (κ2) is 4.68. The van der Waals surface area contributed by atoms with Crippen LogP contribution < -0.4 is 4.74 Å². The standard InChI is InChI=1S/C14H13NO4/c16-14(17)15-5-7-19-13-10(8-15)2-1-3-12(13)11-4-6-18-9-11/h1-4,6,9H,5,7-8H2,(H,16,17). The molecule has 1 amide bonds. The zero-order chi connectivity index (χ0) is 13.2. The molecule has 1 aromatic carbocycles. The van der Waals surface area contributed by atoms with Crippen molar-refractivity contribution in [1.82, 2.24) is 4.90 Å². The van der Waals surface area contributed by atoms with Gasteiger partial charge in [-0.05, 0) is 6.07 Å². The molecule has 0 unspecified atom stereocenters. The molecule has 0 bridgehead atoms. The predicted octanol–water partition coefficient (Wildman–Crippen LogP) is 2.82. The molecule has 98 valence electrons. The van der Waals surface area contributed by atoms with Crippen molar-refractivity contribution in [1.29, 1.82) is 0 Å². The van der Waals surface area contributed by atoms with E-state index in [0.717, 1.165) is 22.4 Å². The molecule has 5 nitrogen and oxygen atoms in total. The maximum Gasteiger partial charge on any atom is 0.407 e. The number of rotatable bonds is 1. The average Bonchev–Trinajstić information content (AvgIpc) is 2.83. The van der Waals surface area contributed by atoms with Crippen molar-refractivity contribution in [2.24, 2.45) is 0 Å². The molecule has 19 heavy (non-hydrogen) atoms. The van der Waals surface area contributed by atoms with Gasteiger partial charge >= 0.3 is 6.09 Å². The Labute approximate surface area is 110 Å². The Morgan fingerprint density at radius 3 is 2.95 bits per heavy atom. The Morgan fingerprint density at radius 1 is 1.32 bits per heavy atom. The molecular weight excluding hydrogens is 246 g/mol. The first-order chi connectivity index (χ1) is 9.25. The van der Waals surface area contributed by atoms with Gasteiger partial charge in [-0.1, -0.05) is 18.2 Å². The van der Waals surface area contributed by atoms with Gasteiger partial charge in [0.25, 0.3) is 0 Å². The van der Waals surface area contributed by atoms with Crippen LogP contribution in [0.4, 0.5) is 4.79 Å². The van der Waals surface area contributed by atoms with Gasteiger partial charge in [0.05, 0.1) is 25.6 Å². The van der Waals surface area contributed by atoms with Crippen molar-refractivity contribution < 1.29 is 19.1 Å². The lowest BCUT2D eigenvalue weighted by molar-refractivity contribution is 0.138. The average molecular weight is 259 g/mol. The largest absolute Gasteiger partial charge is 0.491 e. The number of hydrogen-bond acceptors (Lipinski definition) is 3. The Balaban J connectivity index is 2.03. The van der Waals surface area contributed by atoms with Crippen LogP contribution in [0.5, 0.6) is 5.75 Å². The number of carbonyl (C=O) groups is 1. The van der Waals surface area contributed by atoms with Crippen LogP contribution in [0.15, 0.2) is 41.2 Å². The summed E-state index contributed by atoms with van der Waals surface area (Å²) in [6, 6.07) is 7.59. The third-order valence-corrected chi connectivity index (χ3v) is 3.17. The van der Waals surface area contributed by atoms with Gasteiger partial charge in [-0.2, -0.15) is 0 Å². The van der Waals surface area contributed by atoms with Crippen LogP contribution >= 0.6 is 0 Å². The third-order valence-electron chi connectivity index (χ3n) is 3.17. The van der Waals surface area contributed by atoms with Crippen LogP contribution in [0.3, 0.4) is 0 Å². The van der Waals surface area contributed by atoms with Crippen LogP contribution in [0, 0.1) is 0 Å². The van der Waals surface area contributed by atoms with Crippen molar-refractivity contribution in [2.45, 2.75) is 6.54 Å². The predicted molar refractivity (Wildman–Crippen MR) is 68.1 cm³/mol. The number of hydrogen-bond donors (Lipinski definition) is 1. The highest BCUT2D eigenvalue weighted by molar-refractivity contribution is 5.72. The minimum atomic E-state index is -0.926. The molecule has 0 saturated heterocycles. The zero-order valence-corrected chi connectivity index (χ0v) is 10.2. The van der Waals surface area contributed by atoms with E-state index < -0.39 is 6.09 Å². The molecule has 2 aromatic rings. The molecule has 0 spiro atoms. The summed E-state index contributed by atoms with van der Waals surface area (Å²) < 4.78 is 10.8. The van der Waals surface area contributed by atoms with E-state index in [-0.39, 0.29) is 0 Å². The third kappa shape index (κ3) is 2.14. The number of furan rings is 1. The van der Waals surface area contributed by atoms with Crippen LogP contribution in [-0.2, 0) is 6.54 Å². The topological polar surface area (TPSA) is 62.9 Å². The smallest absolute Gasteiger partial charge is 0.407 e. The van der Waals surface area contributed by atoms with Crippen LogP contribution in [0.1, 0.15) is 5.56 Å². The molecular formula is C14H13NO4. The summed E-state index contributed by atoms with van der Waals surface area (Å²) >= 11 is 0. The molecule has 1 N–H and O–H groups in total. The van der Waals surface area contributed by atoms with Crippen LogP contribution in [0.2, 0.25) is 0 Å². The van der Waals surface area contributed by atoms with Gasteiger partial charge in [-0.3, -0.25) is 0 Å². The lowest BCUT2D eigenvalue weighted by atomic mass is 10.0. The normalized spacial score (nSPS) is 14.4. The minimum absolute atomic E-state index is 0.344. The lowest BCUT2D eigenvalue weighted by Crippen LogP contribution is -2.30. The highest BCUT2D eigenvalue weighted by atomic mass is 16.5. The summed E-state index contributed by atoms with van der Waals surface area (Å²) in [4.78, 5) is 12.4. The van der Waals surface area contributed by atoms with E-state index in [1.165, 1.54) is 4.90 Å². The summed E-state index contributed by atoms with van der Waals surface area (Å²) in [7, 11) is 0. The van der Waals surface area contributed by atoms with E-state index in [1.54, 1.807) is 12.5 Å². The Kier molecular flexibility index (Phi) is 2.87. The number of para-hydroxylation sites is 1. The Bertz CT molecular complexity index is 591. The van der Waals surface area contributed by atoms with Gasteiger partial charge < -0.3 is 19.2 Å². The van der Waals surface area contributed by atoms with Gasteiger partial charge in [-0.15, -0.1) is 0 Å². The molecule has 3 rings (SSSR count). The van der Waals surface area contributed by atoms with Gasteiger partial charge in [0.1, 0.15) is 12.4 Å². The molecule has 1 aliphatic heterocycles. The molecule has 0 atom stereocenters. The summed E-state index contributed by atoms with van der Waals surface area (Å²) in [5.41, 5.74) is 2.73. The summed E-state index contributed by atoms with van der Waals surface area (Å²) in [6.07, 6.45) is 2.33. The maximum absolute atomic E-state index is 11.1. The van der Waals surface area contributed by atoms with Crippen molar-refractivity contribution in [3.8, 4) is 16.9 Å². The number of nitrogens with zero attached hydrogens (tertiary/aromatic N) is 1. The van der Waals surface area contributed by atoms with Gasteiger partial charge in [-0.25, -0.2) is 4.79 Å². The first-order valence-corrected chi connectivity index (χ1v) is 6.01. The van der Waals surface area contributed by atoms with E-state index in [4.69, 9.17) is 14.3 Å². The summed E-state index contributed by atoms with van der Waals surface area (Å²) in [5.74, 6) is 0.743. The molecule has 0 fully saturated rings. The number of benzene rings is 1. The number of carboxylic acid groups (broad SMARTS) is 1. The van der Waals surface area contributed by atoms with Crippen molar-refractivity contribution in [3.63, 3.8) is 0 Å². The van der Waals surface area contributed by atoms with Crippen LogP contribution in [-0.4, -0.2) is 29.3 Å². The Morgan fingerprint density at radius 2 is 2.21 bits per heavy atom.